The predicted octanol–water partition coefficient (Wildman–Crippen LogP) is 5.78. The number of aliphatic carboxylic acids is 1. The number of rotatable bonds is 14. The standard InChI is InChI=1S/C38H43NO12/c1-36(2,3)51-35(46)39-27(30(40)41)20-24-18-19-28(49-33(44)37(4,5)22-47-31(42)25-14-10-8-11-15-25)29(21-24)50-34(45)38(6,7)23-48-32(43)26-16-12-9-13-17-26/h8-19,21,27H,20,22-23H2,1-7H3,(H,39,46)(H,40,41). The molecule has 0 spiro atoms. The minimum absolute atomic E-state index is 0.205. The second-order valence-electron chi connectivity index (χ2n) is 14.0. The van der Waals surface area contributed by atoms with Gasteiger partial charge in [-0.25, -0.2) is 19.2 Å². The molecule has 13 nitrogen and oxygen atoms in total. The molecule has 0 fully saturated rings. The quantitative estimate of drug-likeness (QED) is 0.117. The van der Waals surface area contributed by atoms with Gasteiger partial charge < -0.3 is 34.1 Å². The molecule has 51 heavy (non-hydrogen) atoms. The molecule has 0 heterocycles. The van der Waals surface area contributed by atoms with E-state index in [2.05, 4.69) is 5.32 Å². The maximum Gasteiger partial charge on any atom is 0.408 e. The average Bonchev–Trinajstić information content (AvgIpc) is 3.06. The molecule has 0 saturated heterocycles. The van der Waals surface area contributed by atoms with E-state index in [9.17, 15) is 33.9 Å². The Kier molecular flexibility index (Phi) is 13.1. The van der Waals surface area contributed by atoms with Gasteiger partial charge in [-0.1, -0.05) is 42.5 Å². The average molecular weight is 706 g/mol. The van der Waals surface area contributed by atoms with Crippen LogP contribution in [0.5, 0.6) is 11.5 Å². The van der Waals surface area contributed by atoms with E-state index in [-0.39, 0.29) is 42.3 Å². The van der Waals surface area contributed by atoms with Crippen molar-refractivity contribution in [2.45, 2.75) is 66.5 Å². The first kappa shape index (κ1) is 39.7. The van der Waals surface area contributed by atoms with E-state index in [1.807, 2.05) is 0 Å². The summed E-state index contributed by atoms with van der Waals surface area (Å²) >= 11 is 0. The van der Waals surface area contributed by atoms with Crippen LogP contribution < -0.4 is 14.8 Å². The van der Waals surface area contributed by atoms with Gasteiger partial charge in [0.25, 0.3) is 0 Å². The van der Waals surface area contributed by atoms with E-state index in [0.29, 0.717) is 5.56 Å². The monoisotopic (exact) mass is 705 g/mol. The molecule has 1 atom stereocenters. The van der Waals surface area contributed by atoms with Crippen LogP contribution in [0.1, 0.15) is 74.7 Å². The molecular weight excluding hydrogens is 662 g/mol. The summed E-state index contributed by atoms with van der Waals surface area (Å²) in [5, 5.41) is 12.1. The zero-order valence-corrected chi connectivity index (χ0v) is 29.6. The lowest BCUT2D eigenvalue weighted by Gasteiger charge is -2.25. The number of hydrogen-bond acceptors (Lipinski definition) is 11. The minimum Gasteiger partial charge on any atom is -0.480 e. The maximum atomic E-state index is 13.5. The number of nitrogens with one attached hydrogen (secondary N) is 1. The van der Waals surface area contributed by atoms with Gasteiger partial charge in [0.1, 0.15) is 24.9 Å². The first-order valence-corrected chi connectivity index (χ1v) is 16.0. The Morgan fingerprint density at radius 2 is 1.10 bits per heavy atom. The highest BCUT2D eigenvalue weighted by atomic mass is 16.6. The Labute approximate surface area is 296 Å². The molecule has 0 aliphatic carbocycles. The summed E-state index contributed by atoms with van der Waals surface area (Å²) in [5.41, 5.74) is -2.77. The van der Waals surface area contributed by atoms with Gasteiger partial charge in [-0.15, -0.1) is 0 Å². The highest BCUT2D eigenvalue weighted by molar-refractivity contribution is 5.90. The van der Waals surface area contributed by atoms with Crippen LogP contribution in [0, 0.1) is 10.8 Å². The number of ether oxygens (including phenoxy) is 5. The fourth-order valence-corrected chi connectivity index (χ4v) is 4.13. The van der Waals surface area contributed by atoms with Crippen LogP contribution in [0.25, 0.3) is 0 Å². The van der Waals surface area contributed by atoms with Crippen molar-refractivity contribution >= 4 is 35.9 Å². The number of hydrogen-bond donors (Lipinski definition) is 2. The highest BCUT2D eigenvalue weighted by Gasteiger charge is 2.36. The molecule has 3 aromatic carbocycles. The third-order valence-corrected chi connectivity index (χ3v) is 7.09. The maximum absolute atomic E-state index is 13.5. The zero-order valence-electron chi connectivity index (χ0n) is 29.6. The second kappa shape index (κ2) is 16.8. The first-order chi connectivity index (χ1) is 23.8. The summed E-state index contributed by atoms with van der Waals surface area (Å²) in [6.45, 7) is 10.1. The molecule has 13 heteroatoms. The molecular formula is C38H43NO12. The number of benzene rings is 3. The van der Waals surface area contributed by atoms with Crippen LogP contribution in [0.3, 0.4) is 0 Å². The molecule has 0 saturated carbocycles. The summed E-state index contributed by atoms with van der Waals surface area (Å²) in [7, 11) is 0. The lowest BCUT2D eigenvalue weighted by Crippen LogP contribution is -2.44. The van der Waals surface area contributed by atoms with E-state index < -0.39 is 58.4 Å². The number of alkyl carbamates (subject to hydrolysis) is 1. The predicted molar refractivity (Wildman–Crippen MR) is 183 cm³/mol. The van der Waals surface area contributed by atoms with E-state index in [1.165, 1.54) is 45.9 Å². The number of carboxylic acid groups (broad SMARTS) is 1. The summed E-state index contributed by atoms with van der Waals surface area (Å²) < 4.78 is 27.2. The zero-order chi connectivity index (χ0) is 38.0. The van der Waals surface area contributed by atoms with E-state index >= 15 is 0 Å². The Balaban J connectivity index is 1.85. The van der Waals surface area contributed by atoms with Gasteiger partial charge in [-0.2, -0.15) is 0 Å². The van der Waals surface area contributed by atoms with Crippen molar-refractivity contribution in [3.8, 4) is 11.5 Å². The topological polar surface area (TPSA) is 181 Å². The molecule has 2 N–H and O–H groups in total. The normalized spacial score (nSPS) is 12.1. The summed E-state index contributed by atoms with van der Waals surface area (Å²) in [6.07, 6.45) is -1.22. The van der Waals surface area contributed by atoms with Gasteiger partial charge >= 0.3 is 35.9 Å². The van der Waals surface area contributed by atoms with E-state index in [1.54, 1.807) is 81.4 Å². The van der Waals surface area contributed by atoms with Gasteiger partial charge in [0, 0.05) is 6.42 Å². The first-order valence-electron chi connectivity index (χ1n) is 16.0. The number of amides is 1. The molecule has 3 rings (SSSR count). The van der Waals surface area contributed by atoms with Crippen molar-refractivity contribution < 1.29 is 57.6 Å². The van der Waals surface area contributed by atoms with Crippen LogP contribution >= 0.6 is 0 Å². The van der Waals surface area contributed by atoms with Gasteiger partial charge in [-0.3, -0.25) is 9.59 Å². The SMILES string of the molecule is CC(C)(C)OC(=O)NC(Cc1ccc(OC(=O)C(C)(C)COC(=O)c2ccccc2)c(OC(=O)C(C)(C)COC(=O)c2ccccc2)c1)C(=O)O. The largest absolute Gasteiger partial charge is 0.480 e. The van der Waals surface area contributed by atoms with Crippen LogP contribution in [0.2, 0.25) is 0 Å². The van der Waals surface area contributed by atoms with Crippen molar-refractivity contribution in [2.75, 3.05) is 13.2 Å². The van der Waals surface area contributed by atoms with Crippen LogP contribution in [0.15, 0.2) is 78.9 Å². The van der Waals surface area contributed by atoms with Crippen molar-refractivity contribution in [3.63, 3.8) is 0 Å². The molecule has 0 bridgehead atoms. The van der Waals surface area contributed by atoms with Crippen LogP contribution in [-0.2, 0) is 35.0 Å². The van der Waals surface area contributed by atoms with Crippen molar-refractivity contribution in [1.82, 2.24) is 5.32 Å². The number of esters is 4. The second-order valence-corrected chi connectivity index (χ2v) is 14.0. The summed E-state index contributed by atoms with van der Waals surface area (Å²) in [4.78, 5) is 76.2. The molecule has 272 valence electrons. The fourth-order valence-electron chi connectivity index (χ4n) is 4.13. The van der Waals surface area contributed by atoms with Gasteiger partial charge in [-0.05, 0) is 90.4 Å². The third kappa shape index (κ3) is 12.3. The molecule has 0 aromatic heterocycles. The Morgan fingerprint density at radius 3 is 1.53 bits per heavy atom. The minimum atomic E-state index is -1.44. The Hall–Kier alpha value is -5.72. The molecule has 1 unspecified atom stereocenters. The van der Waals surface area contributed by atoms with Gasteiger partial charge in [0.2, 0.25) is 0 Å². The molecule has 0 radical (unpaired) electrons. The highest BCUT2D eigenvalue weighted by Crippen LogP contribution is 2.33. The smallest absolute Gasteiger partial charge is 0.408 e. The van der Waals surface area contributed by atoms with Crippen molar-refractivity contribution in [1.29, 1.82) is 0 Å². The Morgan fingerprint density at radius 1 is 0.647 bits per heavy atom. The Bertz CT molecular complexity index is 1730. The van der Waals surface area contributed by atoms with E-state index in [4.69, 9.17) is 23.7 Å². The number of carbonyl (C=O) groups excluding carboxylic acids is 5. The lowest BCUT2D eigenvalue weighted by atomic mass is 9.95. The van der Waals surface area contributed by atoms with Crippen molar-refractivity contribution in [3.05, 3.63) is 95.6 Å². The summed E-state index contributed by atoms with van der Waals surface area (Å²) in [6, 6.07) is 19.0. The molecule has 0 aliphatic heterocycles. The summed E-state index contributed by atoms with van der Waals surface area (Å²) in [5.74, 6) is -4.81. The molecule has 3 aromatic rings. The lowest BCUT2D eigenvalue weighted by molar-refractivity contribution is -0.149. The van der Waals surface area contributed by atoms with Crippen molar-refractivity contribution in [2.24, 2.45) is 10.8 Å². The van der Waals surface area contributed by atoms with Gasteiger partial charge in [0.15, 0.2) is 11.5 Å². The fraction of sp³-hybridized carbons (Fsp3) is 0.368. The van der Waals surface area contributed by atoms with Crippen LogP contribution in [-0.4, -0.2) is 65.9 Å². The van der Waals surface area contributed by atoms with Gasteiger partial charge in [0.05, 0.1) is 22.0 Å². The van der Waals surface area contributed by atoms with E-state index in [0.717, 1.165) is 0 Å². The van der Waals surface area contributed by atoms with Crippen LogP contribution in [0.4, 0.5) is 4.79 Å². The molecule has 0 aliphatic rings. The number of carboxylic acids is 1. The third-order valence-electron chi connectivity index (χ3n) is 7.09. The molecule has 1 amide bonds. The number of carbonyl (C=O) groups is 6.